The largest absolute Gasteiger partial charge is 0.389 e. The van der Waals surface area contributed by atoms with Crippen LogP contribution in [0.4, 0.5) is 0 Å². The third-order valence-corrected chi connectivity index (χ3v) is 4.74. The van der Waals surface area contributed by atoms with Gasteiger partial charge in [-0.25, -0.2) is 0 Å². The first kappa shape index (κ1) is 14.3. The van der Waals surface area contributed by atoms with Gasteiger partial charge in [0.2, 0.25) is 0 Å². The zero-order valence-electron chi connectivity index (χ0n) is 11.8. The first-order valence-electron chi connectivity index (χ1n) is 7.63. The van der Waals surface area contributed by atoms with E-state index in [1.807, 2.05) is 0 Å². The van der Waals surface area contributed by atoms with Crippen LogP contribution in [0, 0.1) is 5.41 Å². The summed E-state index contributed by atoms with van der Waals surface area (Å²) in [4.78, 5) is 0. The summed E-state index contributed by atoms with van der Waals surface area (Å²) in [7, 11) is 0. The molecule has 0 aromatic heterocycles. The number of hydrogen-bond acceptors (Lipinski definition) is 3. The van der Waals surface area contributed by atoms with E-state index in [4.69, 9.17) is 4.74 Å². The summed E-state index contributed by atoms with van der Waals surface area (Å²) < 4.78 is 5.42. The van der Waals surface area contributed by atoms with Gasteiger partial charge >= 0.3 is 0 Å². The number of hydrogen-bond donors (Lipinski definition) is 2. The average Bonchev–Trinajstić information content (AvgIpc) is 2.55. The van der Waals surface area contributed by atoms with Crippen LogP contribution in [0.5, 0.6) is 0 Å². The Bertz CT molecular complexity index is 241. The Labute approximate surface area is 111 Å². The van der Waals surface area contributed by atoms with Gasteiger partial charge in [-0.2, -0.15) is 0 Å². The van der Waals surface area contributed by atoms with Crippen molar-refractivity contribution in [1.29, 1.82) is 0 Å². The molecular weight excluding hydrogens is 226 g/mol. The van der Waals surface area contributed by atoms with E-state index in [9.17, 15) is 5.11 Å². The molecule has 0 atom stereocenters. The maximum atomic E-state index is 10.6. The summed E-state index contributed by atoms with van der Waals surface area (Å²) in [5.41, 5.74) is -0.0859. The van der Waals surface area contributed by atoms with Crippen LogP contribution in [-0.4, -0.2) is 37.0 Å². The molecule has 2 N–H and O–H groups in total. The Morgan fingerprint density at radius 1 is 0.944 bits per heavy atom. The summed E-state index contributed by atoms with van der Waals surface area (Å²) in [5.74, 6) is 0. The second-order valence-corrected chi connectivity index (χ2v) is 6.67. The van der Waals surface area contributed by atoms with Gasteiger partial charge in [-0.05, 0) is 31.1 Å². The molecule has 3 heteroatoms. The monoisotopic (exact) mass is 255 g/mol. The first-order valence-corrected chi connectivity index (χ1v) is 7.63. The minimum Gasteiger partial charge on any atom is -0.389 e. The van der Waals surface area contributed by atoms with Gasteiger partial charge in [0.25, 0.3) is 0 Å². The highest BCUT2D eigenvalue weighted by atomic mass is 16.5. The van der Waals surface area contributed by atoms with Crippen molar-refractivity contribution in [1.82, 2.24) is 5.32 Å². The second kappa shape index (κ2) is 6.36. The van der Waals surface area contributed by atoms with E-state index in [0.29, 0.717) is 5.41 Å². The quantitative estimate of drug-likeness (QED) is 0.758. The number of nitrogens with one attached hydrogen (secondary N) is 1. The number of aliphatic hydroxyl groups is 1. The SMILES string of the molecule is CC1(CNCC2(O)CCCCCC2)CCOCC1. The molecule has 0 bridgehead atoms. The van der Waals surface area contributed by atoms with Gasteiger partial charge in [-0.1, -0.05) is 32.6 Å². The third kappa shape index (κ3) is 4.22. The lowest BCUT2D eigenvalue weighted by Crippen LogP contribution is -2.45. The van der Waals surface area contributed by atoms with Crippen LogP contribution in [0.2, 0.25) is 0 Å². The normalized spacial score (nSPS) is 27.7. The van der Waals surface area contributed by atoms with Crippen molar-refractivity contribution >= 4 is 0 Å². The molecule has 0 spiro atoms. The number of ether oxygens (including phenoxy) is 1. The van der Waals surface area contributed by atoms with Crippen molar-refractivity contribution in [2.24, 2.45) is 5.41 Å². The topological polar surface area (TPSA) is 41.5 Å². The zero-order valence-corrected chi connectivity index (χ0v) is 11.8. The second-order valence-electron chi connectivity index (χ2n) is 6.67. The smallest absolute Gasteiger partial charge is 0.0771 e. The average molecular weight is 255 g/mol. The van der Waals surface area contributed by atoms with Crippen LogP contribution in [0.15, 0.2) is 0 Å². The predicted molar refractivity (Wildman–Crippen MR) is 73.7 cm³/mol. The van der Waals surface area contributed by atoms with Gasteiger partial charge in [0.15, 0.2) is 0 Å². The fraction of sp³-hybridized carbons (Fsp3) is 1.00. The summed E-state index contributed by atoms with van der Waals surface area (Å²) in [6.45, 7) is 5.90. The van der Waals surface area contributed by atoms with E-state index in [1.165, 1.54) is 25.7 Å². The minimum atomic E-state index is -0.446. The number of rotatable bonds is 4. The molecule has 1 saturated heterocycles. The van der Waals surface area contributed by atoms with Crippen molar-refractivity contribution in [3.05, 3.63) is 0 Å². The summed E-state index contributed by atoms with van der Waals surface area (Å²) >= 11 is 0. The Morgan fingerprint density at radius 3 is 2.17 bits per heavy atom. The van der Waals surface area contributed by atoms with E-state index in [1.54, 1.807) is 0 Å². The van der Waals surface area contributed by atoms with Gasteiger partial charge in [0.05, 0.1) is 5.60 Å². The third-order valence-electron chi connectivity index (χ3n) is 4.74. The molecule has 1 aliphatic heterocycles. The first-order chi connectivity index (χ1) is 8.62. The highest BCUT2D eigenvalue weighted by molar-refractivity contribution is 4.86. The summed E-state index contributed by atoms with van der Waals surface area (Å²) in [6.07, 6.45) is 9.16. The highest BCUT2D eigenvalue weighted by Gasteiger charge is 2.30. The Balaban J connectivity index is 1.73. The lowest BCUT2D eigenvalue weighted by Gasteiger charge is -2.35. The van der Waals surface area contributed by atoms with Crippen molar-refractivity contribution < 1.29 is 9.84 Å². The fourth-order valence-corrected chi connectivity index (χ4v) is 3.20. The molecule has 1 saturated carbocycles. The van der Waals surface area contributed by atoms with E-state index in [0.717, 1.165) is 52.0 Å². The lowest BCUT2D eigenvalue weighted by atomic mass is 9.82. The molecule has 1 aliphatic carbocycles. The van der Waals surface area contributed by atoms with Crippen LogP contribution in [0.3, 0.4) is 0 Å². The molecule has 0 aromatic carbocycles. The van der Waals surface area contributed by atoms with Crippen LogP contribution in [0.1, 0.15) is 58.3 Å². The standard InChI is InChI=1S/C15H29NO2/c1-14(8-10-18-11-9-14)12-16-13-15(17)6-4-2-3-5-7-15/h16-17H,2-13H2,1H3. The molecule has 0 aromatic rings. The van der Waals surface area contributed by atoms with E-state index < -0.39 is 5.60 Å². The Hall–Kier alpha value is -0.120. The van der Waals surface area contributed by atoms with Gasteiger partial charge in [-0.15, -0.1) is 0 Å². The molecule has 0 amide bonds. The van der Waals surface area contributed by atoms with Gasteiger partial charge in [-0.3, -0.25) is 0 Å². The Morgan fingerprint density at radius 2 is 1.56 bits per heavy atom. The van der Waals surface area contributed by atoms with Gasteiger partial charge in [0.1, 0.15) is 0 Å². The molecule has 0 unspecified atom stereocenters. The molecule has 2 aliphatic rings. The lowest BCUT2D eigenvalue weighted by molar-refractivity contribution is 0.00699. The van der Waals surface area contributed by atoms with Crippen LogP contribution < -0.4 is 5.32 Å². The van der Waals surface area contributed by atoms with Crippen LogP contribution in [0.25, 0.3) is 0 Å². The predicted octanol–water partition coefficient (Wildman–Crippen LogP) is 2.48. The van der Waals surface area contributed by atoms with Gasteiger partial charge in [0, 0.05) is 26.3 Å². The van der Waals surface area contributed by atoms with Crippen LogP contribution >= 0.6 is 0 Å². The molecule has 106 valence electrons. The molecule has 1 heterocycles. The maximum absolute atomic E-state index is 10.6. The molecule has 2 rings (SSSR count). The van der Waals surface area contributed by atoms with E-state index in [-0.39, 0.29) is 0 Å². The highest BCUT2D eigenvalue weighted by Crippen LogP contribution is 2.30. The Kier molecular flexibility index (Phi) is 5.05. The molecule has 0 radical (unpaired) electrons. The van der Waals surface area contributed by atoms with Crippen molar-refractivity contribution in [2.45, 2.75) is 63.9 Å². The zero-order chi connectivity index (χ0) is 12.9. The van der Waals surface area contributed by atoms with E-state index in [2.05, 4.69) is 12.2 Å². The minimum absolute atomic E-state index is 0.360. The maximum Gasteiger partial charge on any atom is 0.0771 e. The molecule has 3 nitrogen and oxygen atoms in total. The summed E-state index contributed by atoms with van der Waals surface area (Å²) in [5, 5.41) is 14.1. The summed E-state index contributed by atoms with van der Waals surface area (Å²) in [6, 6.07) is 0. The van der Waals surface area contributed by atoms with E-state index >= 15 is 0 Å². The molecular formula is C15H29NO2. The van der Waals surface area contributed by atoms with Crippen molar-refractivity contribution in [3.8, 4) is 0 Å². The molecule has 18 heavy (non-hydrogen) atoms. The van der Waals surface area contributed by atoms with Crippen molar-refractivity contribution in [2.75, 3.05) is 26.3 Å². The van der Waals surface area contributed by atoms with Crippen LogP contribution in [-0.2, 0) is 4.74 Å². The fourth-order valence-electron chi connectivity index (χ4n) is 3.20. The van der Waals surface area contributed by atoms with Gasteiger partial charge < -0.3 is 15.2 Å². The van der Waals surface area contributed by atoms with Crippen molar-refractivity contribution in [3.63, 3.8) is 0 Å². The molecule has 2 fully saturated rings.